The normalized spacial score (nSPS) is 12.2. The average molecular weight is 347 g/mol. The van der Waals surface area contributed by atoms with Gasteiger partial charge in [-0.2, -0.15) is 4.99 Å². The van der Waals surface area contributed by atoms with E-state index in [0.29, 0.717) is 10.6 Å². The van der Waals surface area contributed by atoms with Gasteiger partial charge >= 0.3 is 5.91 Å². The Labute approximate surface area is 142 Å². The molecule has 0 fully saturated rings. The van der Waals surface area contributed by atoms with Gasteiger partial charge in [0.05, 0.1) is 10.2 Å². The van der Waals surface area contributed by atoms with Gasteiger partial charge in [0.15, 0.2) is 10.5 Å². The molecule has 0 bridgehead atoms. The Bertz CT molecular complexity index is 921. The van der Waals surface area contributed by atoms with E-state index in [4.69, 9.17) is 4.52 Å². The van der Waals surface area contributed by atoms with Crippen molar-refractivity contribution in [3.05, 3.63) is 40.5 Å². The van der Waals surface area contributed by atoms with Crippen LogP contribution in [0.5, 0.6) is 0 Å². The Balaban J connectivity index is 2.13. The molecule has 0 aliphatic carbocycles. The SMILES string of the molecule is CCCn1c(=NC(=O)c2cc(C)on2)sc2cc(SC)ccc21. The summed E-state index contributed by atoms with van der Waals surface area (Å²) in [5, 5.41) is 3.74. The van der Waals surface area contributed by atoms with Gasteiger partial charge in [-0.25, -0.2) is 0 Å². The molecule has 0 unspecified atom stereocenters. The van der Waals surface area contributed by atoms with Crippen LogP contribution in [0.1, 0.15) is 29.6 Å². The van der Waals surface area contributed by atoms with Crippen molar-refractivity contribution >= 4 is 39.2 Å². The monoisotopic (exact) mass is 347 g/mol. The summed E-state index contributed by atoms with van der Waals surface area (Å²) >= 11 is 3.23. The largest absolute Gasteiger partial charge is 0.361 e. The Morgan fingerprint density at radius 3 is 2.91 bits per heavy atom. The second-order valence-electron chi connectivity index (χ2n) is 5.11. The molecule has 0 aliphatic rings. The number of aromatic nitrogens is 2. The quantitative estimate of drug-likeness (QED) is 0.672. The molecule has 0 atom stereocenters. The summed E-state index contributed by atoms with van der Waals surface area (Å²) in [5.41, 5.74) is 1.35. The second-order valence-corrected chi connectivity index (χ2v) is 7.00. The second kappa shape index (κ2) is 6.72. The Kier molecular flexibility index (Phi) is 4.68. The van der Waals surface area contributed by atoms with E-state index < -0.39 is 0 Å². The van der Waals surface area contributed by atoms with Crippen molar-refractivity contribution in [1.29, 1.82) is 0 Å². The van der Waals surface area contributed by atoms with E-state index in [1.807, 2.05) is 0 Å². The minimum absolute atomic E-state index is 0.243. The highest BCUT2D eigenvalue weighted by atomic mass is 32.2. The van der Waals surface area contributed by atoms with Gasteiger partial charge in [0.1, 0.15) is 5.76 Å². The van der Waals surface area contributed by atoms with Crippen molar-refractivity contribution in [2.45, 2.75) is 31.7 Å². The number of amides is 1. The van der Waals surface area contributed by atoms with Crippen LogP contribution in [-0.4, -0.2) is 21.9 Å². The molecular formula is C16H17N3O2S2. The van der Waals surface area contributed by atoms with Crippen molar-refractivity contribution in [3.63, 3.8) is 0 Å². The first kappa shape index (κ1) is 16.0. The number of fused-ring (bicyclic) bond motifs is 1. The number of rotatable bonds is 4. The molecule has 0 N–H and O–H groups in total. The molecule has 1 aromatic carbocycles. The van der Waals surface area contributed by atoms with Crippen molar-refractivity contribution in [2.24, 2.45) is 4.99 Å². The highest BCUT2D eigenvalue weighted by molar-refractivity contribution is 7.98. The van der Waals surface area contributed by atoms with E-state index >= 15 is 0 Å². The molecule has 0 spiro atoms. The number of aryl methyl sites for hydroxylation is 2. The van der Waals surface area contributed by atoms with Gasteiger partial charge in [-0.05, 0) is 37.8 Å². The Morgan fingerprint density at radius 2 is 2.26 bits per heavy atom. The fourth-order valence-corrected chi connectivity index (χ4v) is 3.93. The van der Waals surface area contributed by atoms with Crippen LogP contribution in [0.3, 0.4) is 0 Å². The van der Waals surface area contributed by atoms with E-state index in [1.165, 1.54) is 16.2 Å². The van der Waals surface area contributed by atoms with Crippen LogP contribution in [0.2, 0.25) is 0 Å². The molecule has 23 heavy (non-hydrogen) atoms. The lowest BCUT2D eigenvalue weighted by Gasteiger charge is -2.03. The number of hydrogen-bond donors (Lipinski definition) is 0. The van der Waals surface area contributed by atoms with Crippen LogP contribution >= 0.6 is 23.1 Å². The molecule has 2 heterocycles. The number of benzene rings is 1. The number of hydrogen-bond acceptors (Lipinski definition) is 5. The van der Waals surface area contributed by atoms with Crippen molar-refractivity contribution in [1.82, 2.24) is 9.72 Å². The van der Waals surface area contributed by atoms with E-state index in [1.54, 1.807) is 24.8 Å². The Hall–Kier alpha value is -1.86. The standard InChI is InChI=1S/C16H17N3O2S2/c1-4-7-19-13-6-5-11(22-3)9-14(13)23-16(19)17-15(20)12-8-10(2)21-18-12/h5-6,8-9H,4,7H2,1-3H3. The van der Waals surface area contributed by atoms with Gasteiger partial charge in [0.2, 0.25) is 0 Å². The minimum Gasteiger partial charge on any atom is -0.361 e. The van der Waals surface area contributed by atoms with Crippen molar-refractivity contribution in [2.75, 3.05) is 6.26 Å². The van der Waals surface area contributed by atoms with Gasteiger partial charge in [0.25, 0.3) is 0 Å². The summed E-state index contributed by atoms with van der Waals surface area (Å²) in [6.45, 7) is 4.69. The first-order valence-electron chi connectivity index (χ1n) is 7.32. The van der Waals surface area contributed by atoms with E-state index in [9.17, 15) is 4.79 Å². The average Bonchev–Trinajstić information content (AvgIpc) is 3.11. The van der Waals surface area contributed by atoms with Crippen LogP contribution in [0.15, 0.2) is 38.7 Å². The van der Waals surface area contributed by atoms with Crippen molar-refractivity contribution < 1.29 is 9.32 Å². The van der Waals surface area contributed by atoms with Gasteiger partial charge in [0, 0.05) is 17.5 Å². The zero-order valence-corrected chi connectivity index (χ0v) is 14.8. The third-order valence-electron chi connectivity index (χ3n) is 3.38. The van der Waals surface area contributed by atoms with Crippen LogP contribution in [0.25, 0.3) is 10.2 Å². The fraction of sp³-hybridized carbons (Fsp3) is 0.312. The lowest BCUT2D eigenvalue weighted by molar-refractivity contribution is 0.0989. The fourth-order valence-electron chi connectivity index (χ4n) is 2.32. The minimum atomic E-state index is -0.372. The molecule has 0 radical (unpaired) electrons. The first-order chi connectivity index (χ1) is 11.1. The third kappa shape index (κ3) is 3.25. The maximum absolute atomic E-state index is 12.3. The van der Waals surface area contributed by atoms with Gasteiger partial charge < -0.3 is 9.09 Å². The summed E-state index contributed by atoms with van der Waals surface area (Å²) in [5.74, 6) is 0.231. The molecule has 1 amide bonds. The third-order valence-corrected chi connectivity index (χ3v) is 5.15. The molecule has 5 nitrogen and oxygen atoms in total. The molecule has 2 aromatic heterocycles. The molecule has 120 valence electrons. The van der Waals surface area contributed by atoms with E-state index in [-0.39, 0.29) is 11.6 Å². The molecule has 3 aromatic rings. The molecule has 3 rings (SSSR count). The van der Waals surface area contributed by atoms with Crippen LogP contribution in [0.4, 0.5) is 0 Å². The summed E-state index contributed by atoms with van der Waals surface area (Å²) in [6.07, 6.45) is 3.02. The zero-order chi connectivity index (χ0) is 16.4. The highest BCUT2D eigenvalue weighted by Crippen LogP contribution is 2.24. The summed E-state index contributed by atoms with van der Waals surface area (Å²) in [4.78, 5) is 18.5. The molecule has 0 aliphatic heterocycles. The van der Waals surface area contributed by atoms with E-state index in [0.717, 1.165) is 23.2 Å². The first-order valence-corrected chi connectivity index (χ1v) is 9.36. The maximum atomic E-state index is 12.3. The van der Waals surface area contributed by atoms with Crippen LogP contribution < -0.4 is 4.80 Å². The highest BCUT2D eigenvalue weighted by Gasteiger charge is 2.12. The number of thioether (sulfide) groups is 1. The predicted octanol–water partition coefficient (Wildman–Crippen LogP) is 3.87. The van der Waals surface area contributed by atoms with Crippen molar-refractivity contribution in [3.8, 4) is 0 Å². The molecule has 0 saturated carbocycles. The number of carbonyl (C=O) groups is 1. The lowest BCUT2D eigenvalue weighted by Crippen LogP contribution is -2.16. The number of nitrogens with zero attached hydrogens (tertiary/aromatic N) is 3. The maximum Gasteiger partial charge on any atom is 0.301 e. The topological polar surface area (TPSA) is 60.4 Å². The van der Waals surface area contributed by atoms with Gasteiger partial charge in [-0.3, -0.25) is 4.79 Å². The smallest absolute Gasteiger partial charge is 0.301 e. The zero-order valence-electron chi connectivity index (χ0n) is 13.2. The molecule has 0 saturated heterocycles. The van der Waals surface area contributed by atoms with Crippen LogP contribution in [0, 0.1) is 6.92 Å². The predicted molar refractivity (Wildman–Crippen MR) is 93.0 cm³/mol. The van der Waals surface area contributed by atoms with Crippen LogP contribution in [-0.2, 0) is 6.54 Å². The number of thiazole rings is 1. The summed E-state index contributed by atoms with van der Waals surface area (Å²) < 4.78 is 8.18. The summed E-state index contributed by atoms with van der Waals surface area (Å²) in [6, 6.07) is 7.94. The molecular weight excluding hydrogens is 330 g/mol. The van der Waals surface area contributed by atoms with E-state index in [2.05, 4.69) is 46.1 Å². The molecule has 7 heteroatoms. The summed E-state index contributed by atoms with van der Waals surface area (Å²) in [7, 11) is 0. The number of carbonyl (C=O) groups excluding carboxylic acids is 1. The van der Waals surface area contributed by atoms with Gasteiger partial charge in [-0.1, -0.05) is 23.4 Å². The lowest BCUT2D eigenvalue weighted by atomic mass is 10.3. The Morgan fingerprint density at radius 1 is 1.43 bits per heavy atom. The van der Waals surface area contributed by atoms with Gasteiger partial charge in [-0.15, -0.1) is 11.8 Å².